The molecule has 1 heterocycles. The van der Waals surface area contributed by atoms with Crippen LogP contribution in [0.5, 0.6) is 0 Å². The minimum Gasteiger partial charge on any atom is -0.375 e. The number of carbonyl (C=O) groups is 1. The van der Waals surface area contributed by atoms with Crippen LogP contribution in [0.3, 0.4) is 0 Å². The maximum Gasteiger partial charge on any atom is 0.255 e. The van der Waals surface area contributed by atoms with E-state index in [1.54, 1.807) is 30.3 Å². The number of hydrogen-bond acceptors (Lipinski definition) is 5. The van der Waals surface area contributed by atoms with E-state index < -0.39 is 0 Å². The molecule has 0 bridgehead atoms. The third kappa shape index (κ3) is 3.21. The second kappa shape index (κ2) is 6.67. The number of aromatic nitrogens is 4. The van der Waals surface area contributed by atoms with E-state index in [9.17, 15) is 4.79 Å². The fraction of sp³-hybridized carbons (Fsp3) is 0.125. The lowest BCUT2D eigenvalue weighted by atomic mass is 10.1. The number of nitrogens with zero attached hydrogens (tertiary/aromatic N) is 5. The van der Waals surface area contributed by atoms with Gasteiger partial charge in [-0.15, -0.1) is 5.10 Å². The molecule has 0 saturated carbocycles. The molecule has 122 valence electrons. The van der Waals surface area contributed by atoms with Gasteiger partial charge in [-0.25, -0.2) is 4.68 Å². The van der Waals surface area contributed by atoms with Crippen molar-refractivity contribution >= 4 is 28.9 Å². The van der Waals surface area contributed by atoms with Crippen molar-refractivity contribution in [1.82, 2.24) is 20.2 Å². The molecule has 24 heavy (non-hydrogen) atoms. The summed E-state index contributed by atoms with van der Waals surface area (Å²) in [5, 5.41) is 14.5. The Hall–Kier alpha value is -2.93. The first kappa shape index (κ1) is 15.9. The number of hydrogen-bond donors (Lipinski definition) is 1. The Morgan fingerprint density at radius 1 is 1.21 bits per heavy atom. The smallest absolute Gasteiger partial charge is 0.255 e. The van der Waals surface area contributed by atoms with E-state index in [1.807, 2.05) is 31.1 Å². The molecule has 0 aliphatic heterocycles. The zero-order valence-corrected chi connectivity index (χ0v) is 13.9. The number of para-hydroxylation sites is 1. The van der Waals surface area contributed by atoms with Crippen LogP contribution in [0.25, 0.3) is 5.69 Å². The van der Waals surface area contributed by atoms with Crippen molar-refractivity contribution in [3.05, 3.63) is 59.4 Å². The first-order valence-corrected chi connectivity index (χ1v) is 7.54. The maximum absolute atomic E-state index is 12.6. The highest BCUT2D eigenvalue weighted by Gasteiger charge is 2.13. The summed E-state index contributed by atoms with van der Waals surface area (Å²) in [5.74, 6) is -0.240. The van der Waals surface area contributed by atoms with Crippen molar-refractivity contribution in [2.24, 2.45) is 0 Å². The SMILES string of the molecule is CN(C)c1c(Cl)cccc1NC(=O)c1cccc(-n2cnnn2)c1. The van der Waals surface area contributed by atoms with Crippen LogP contribution in [-0.2, 0) is 0 Å². The molecular weight excluding hydrogens is 328 g/mol. The second-order valence-corrected chi connectivity index (χ2v) is 5.70. The molecule has 8 heteroatoms. The van der Waals surface area contributed by atoms with Gasteiger partial charge < -0.3 is 10.2 Å². The van der Waals surface area contributed by atoms with Crippen LogP contribution in [0, 0.1) is 0 Å². The van der Waals surface area contributed by atoms with Gasteiger partial charge in [0.15, 0.2) is 0 Å². The third-order valence-corrected chi connectivity index (χ3v) is 3.71. The predicted molar refractivity (Wildman–Crippen MR) is 92.9 cm³/mol. The van der Waals surface area contributed by atoms with Gasteiger partial charge in [0.05, 0.1) is 22.1 Å². The lowest BCUT2D eigenvalue weighted by Crippen LogP contribution is -2.17. The number of carbonyl (C=O) groups excluding carboxylic acids is 1. The molecule has 0 atom stereocenters. The Labute approximate surface area is 143 Å². The Balaban J connectivity index is 1.89. The van der Waals surface area contributed by atoms with E-state index in [0.29, 0.717) is 22.0 Å². The Kier molecular flexibility index (Phi) is 4.43. The Bertz CT molecular complexity index is 863. The highest BCUT2D eigenvalue weighted by Crippen LogP contribution is 2.32. The van der Waals surface area contributed by atoms with Gasteiger partial charge in [0, 0.05) is 19.7 Å². The standard InChI is InChI=1S/C16H15ClN6O/c1-22(2)15-13(17)7-4-8-14(15)19-16(24)11-5-3-6-12(9-11)23-10-18-20-21-23/h3-10H,1-2H3,(H,19,24). The Morgan fingerprint density at radius 3 is 2.71 bits per heavy atom. The van der Waals surface area contributed by atoms with Crippen molar-refractivity contribution in [2.75, 3.05) is 24.3 Å². The summed E-state index contributed by atoms with van der Waals surface area (Å²) < 4.78 is 1.49. The topological polar surface area (TPSA) is 75.9 Å². The summed E-state index contributed by atoms with van der Waals surface area (Å²) in [6.07, 6.45) is 1.47. The molecule has 1 amide bonds. The van der Waals surface area contributed by atoms with Crippen molar-refractivity contribution in [3.63, 3.8) is 0 Å². The fourth-order valence-corrected chi connectivity index (χ4v) is 2.68. The molecule has 1 aromatic heterocycles. The predicted octanol–water partition coefficient (Wildman–Crippen LogP) is 2.63. The number of rotatable bonds is 4. The number of amides is 1. The van der Waals surface area contributed by atoms with E-state index in [4.69, 9.17) is 11.6 Å². The van der Waals surface area contributed by atoms with Crippen LogP contribution in [0.15, 0.2) is 48.8 Å². The summed E-state index contributed by atoms with van der Waals surface area (Å²) in [6, 6.07) is 12.4. The van der Waals surface area contributed by atoms with Crippen molar-refractivity contribution in [1.29, 1.82) is 0 Å². The lowest BCUT2D eigenvalue weighted by molar-refractivity contribution is 0.102. The molecule has 1 N–H and O–H groups in total. The molecule has 3 rings (SSSR count). The van der Waals surface area contributed by atoms with Gasteiger partial charge in [-0.05, 0) is 40.8 Å². The van der Waals surface area contributed by atoms with Crippen LogP contribution in [0.1, 0.15) is 10.4 Å². The molecule has 0 saturated heterocycles. The van der Waals surface area contributed by atoms with Crippen molar-refractivity contribution < 1.29 is 4.79 Å². The van der Waals surface area contributed by atoms with E-state index >= 15 is 0 Å². The molecular formula is C16H15ClN6O. The number of nitrogens with one attached hydrogen (secondary N) is 1. The number of halogens is 1. The Morgan fingerprint density at radius 2 is 2.00 bits per heavy atom. The normalized spacial score (nSPS) is 10.5. The first-order valence-electron chi connectivity index (χ1n) is 7.17. The van der Waals surface area contributed by atoms with Crippen LogP contribution in [0.2, 0.25) is 5.02 Å². The summed E-state index contributed by atoms with van der Waals surface area (Å²) in [7, 11) is 3.74. The summed E-state index contributed by atoms with van der Waals surface area (Å²) in [4.78, 5) is 14.4. The summed E-state index contributed by atoms with van der Waals surface area (Å²) in [5.41, 5.74) is 2.59. The van der Waals surface area contributed by atoms with Crippen LogP contribution in [0.4, 0.5) is 11.4 Å². The minimum atomic E-state index is -0.240. The molecule has 0 fully saturated rings. The average Bonchev–Trinajstić information content (AvgIpc) is 3.09. The van der Waals surface area contributed by atoms with E-state index in [1.165, 1.54) is 11.0 Å². The van der Waals surface area contributed by atoms with Gasteiger partial charge in [-0.1, -0.05) is 23.7 Å². The van der Waals surface area contributed by atoms with E-state index in [2.05, 4.69) is 20.8 Å². The van der Waals surface area contributed by atoms with Gasteiger partial charge in [0.1, 0.15) is 6.33 Å². The third-order valence-electron chi connectivity index (χ3n) is 3.40. The summed E-state index contributed by atoms with van der Waals surface area (Å²) >= 11 is 6.23. The summed E-state index contributed by atoms with van der Waals surface area (Å²) in [6.45, 7) is 0. The van der Waals surface area contributed by atoms with Gasteiger partial charge in [-0.3, -0.25) is 4.79 Å². The molecule has 0 aliphatic carbocycles. The average molecular weight is 343 g/mol. The molecule has 0 spiro atoms. The van der Waals surface area contributed by atoms with Crippen molar-refractivity contribution in [2.45, 2.75) is 0 Å². The molecule has 0 aliphatic rings. The molecule has 0 radical (unpaired) electrons. The van der Waals surface area contributed by atoms with Gasteiger partial charge in [0.25, 0.3) is 5.91 Å². The zero-order valence-electron chi connectivity index (χ0n) is 13.1. The largest absolute Gasteiger partial charge is 0.375 e. The molecule has 2 aromatic carbocycles. The second-order valence-electron chi connectivity index (χ2n) is 5.29. The van der Waals surface area contributed by atoms with Crippen LogP contribution in [-0.4, -0.2) is 40.2 Å². The lowest BCUT2D eigenvalue weighted by Gasteiger charge is -2.19. The number of tetrazole rings is 1. The van der Waals surface area contributed by atoms with Crippen molar-refractivity contribution in [3.8, 4) is 5.69 Å². The van der Waals surface area contributed by atoms with Gasteiger partial charge >= 0.3 is 0 Å². The quantitative estimate of drug-likeness (QED) is 0.788. The first-order chi connectivity index (χ1) is 11.6. The minimum absolute atomic E-state index is 0.240. The van der Waals surface area contributed by atoms with Crippen LogP contribution < -0.4 is 10.2 Å². The van der Waals surface area contributed by atoms with E-state index in [0.717, 1.165) is 5.69 Å². The number of benzene rings is 2. The van der Waals surface area contributed by atoms with Crippen LogP contribution >= 0.6 is 11.6 Å². The van der Waals surface area contributed by atoms with E-state index in [-0.39, 0.29) is 5.91 Å². The molecule has 0 unspecified atom stereocenters. The highest BCUT2D eigenvalue weighted by molar-refractivity contribution is 6.34. The molecule has 3 aromatic rings. The fourth-order valence-electron chi connectivity index (χ4n) is 2.33. The number of anilines is 2. The highest BCUT2D eigenvalue weighted by atomic mass is 35.5. The van der Waals surface area contributed by atoms with Gasteiger partial charge in [0.2, 0.25) is 0 Å². The molecule has 7 nitrogen and oxygen atoms in total. The zero-order chi connectivity index (χ0) is 17.1. The van der Waals surface area contributed by atoms with Gasteiger partial charge in [-0.2, -0.15) is 0 Å². The maximum atomic E-state index is 12.6. The monoisotopic (exact) mass is 342 g/mol.